The van der Waals surface area contributed by atoms with Crippen molar-refractivity contribution >= 4 is 39.4 Å². The first-order valence-electron chi connectivity index (χ1n) is 7.55. The third kappa shape index (κ3) is 3.97. The highest BCUT2D eigenvalue weighted by Crippen LogP contribution is 2.21. The second kappa shape index (κ2) is 7.23. The van der Waals surface area contributed by atoms with Gasteiger partial charge in [-0.1, -0.05) is 24.3 Å². The fraction of sp³-hybridized carbons (Fsp3) is 0.167. The minimum Gasteiger partial charge on any atom is -0.378 e. The van der Waals surface area contributed by atoms with Crippen molar-refractivity contribution in [2.24, 2.45) is 5.10 Å². The third-order valence-corrected chi connectivity index (χ3v) is 4.50. The number of carbonyl (C=O) groups is 1. The number of nitrogens with zero attached hydrogens (tertiary/aromatic N) is 3. The van der Waals surface area contributed by atoms with Gasteiger partial charge in [-0.05, 0) is 29.8 Å². The van der Waals surface area contributed by atoms with Crippen LogP contribution in [0.2, 0.25) is 0 Å². The predicted octanol–water partition coefficient (Wildman–Crippen LogP) is 3.06. The smallest absolute Gasteiger partial charge is 0.246 e. The van der Waals surface area contributed by atoms with Crippen LogP contribution in [-0.2, 0) is 11.2 Å². The van der Waals surface area contributed by atoms with E-state index < -0.39 is 0 Å². The van der Waals surface area contributed by atoms with Gasteiger partial charge in [0.25, 0.3) is 0 Å². The van der Waals surface area contributed by atoms with Crippen LogP contribution in [-0.4, -0.2) is 31.2 Å². The number of benzene rings is 2. The average Bonchev–Trinajstić information content (AvgIpc) is 2.97. The Morgan fingerprint density at radius 3 is 2.67 bits per heavy atom. The van der Waals surface area contributed by atoms with Gasteiger partial charge in [-0.15, -0.1) is 11.3 Å². The third-order valence-electron chi connectivity index (χ3n) is 3.46. The van der Waals surface area contributed by atoms with Crippen LogP contribution in [0.25, 0.3) is 10.2 Å². The summed E-state index contributed by atoms with van der Waals surface area (Å²) < 4.78 is 1.09. The number of thiazole rings is 1. The molecule has 0 saturated carbocycles. The van der Waals surface area contributed by atoms with Crippen molar-refractivity contribution in [3.63, 3.8) is 0 Å². The number of nitrogens with one attached hydrogen (secondary N) is 1. The topological polar surface area (TPSA) is 57.6 Å². The Kier molecular flexibility index (Phi) is 4.86. The summed E-state index contributed by atoms with van der Waals surface area (Å²) in [4.78, 5) is 18.4. The molecule has 0 aliphatic heterocycles. The Balaban J connectivity index is 1.56. The summed E-state index contributed by atoms with van der Waals surface area (Å²) in [5.41, 5.74) is 5.52. The van der Waals surface area contributed by atoms with Gasteiger partial charge in [0.05, 0.1) is 22.9 Å². The van der Waals surface area contributed by atoms with E-state index in [1.54, 1.807) is 6.21 Å². The Morgan fingerprint density at radius 2 is 1.96 bits per heavy atom. The van der Waals surface area contributed by atoms with Crippen LogP contribution in [0.1, 0.15) is 10.6 Å². The number of hydrogen-bond donors (Lipinski definition) is 1. The standard InChI is InChI=1S/C18H18N4OS/c1-22(2)14-9-7-13(8-10-14)12-19-21-17(23)11-18-20-15-5-3-4-6-16(15)24-18/h3-10,12H,11H2,1-2H3,(H,21,23)/b19-12+. The molecule has 1 N–H and O–H groups in total. The predicted molar refractivity (Wildman–Crippen MR) is 99.8 cm³/mol. The van der Waals surface area contributed by atoms with Gasteiger partial charge in [0.2, 0.25) is 5.91 Å². The van der Waals surface area contributed by atoms with Crippen molar-refractivity contribution < 1.29 is 4.79 Å². The zero-order chi connectivity index (χ0) is 16.9. The number of hydrazone groups is 1. The van der Waals surface area contributed by atoms with Crippen molar-refractivity contribution in [3.05, 3.63) is 59.1 Å². The molecule has 0 bridgehead atoms. The van der Waals surface area contributed by atoms with Gasteiger partial charge in [-0.3, -0.25) is 4.79 Å². The lowest BCUT2D eigenvalue weighted by atomic mass is 10.2. The first-order chi connectivity index (χ1) is 11.6. The lowest BCUT2D eigenvalue weighted by molar-refractivity contribution is -0.120. The van der Waals surface area contributed by atoms with Crippen molar-refractivity contribution in [3.8, 4) is 0 Å². The van der Waals surface area contributed by atoms with Gasteiger partial charge in [-0.2, -0.15) is 5.10 Å². The molecule has 1 aromatic heterocycles. The van der Waals surface area contributed by atoms with E-state index in [-0.39, 0.29) is 12.3 Å². The molecule has 0 atom stereocenters. The molecule has 0 radical (unpaired) electrons. The number of anilines is 1. The molecule has 0 aliphatic rings. The highest BCUT2D eigenvalue weighted by atomic mass is 32.1. The van der Waals surface area contributed by atoms with Crippen LogP contribution >= 0.6 is 11.3 Å². The maximum absolute atomic E-state index is 12.0. The first-order valence-corrected chi connectivity index (χ1v) is 8.37. The SMILES string of the molecule is CN(C)c1ccc(/C=N/NC(=O)Cc2nc3ccccc3s2)cc1. The van der Waals surface area contributed by atoms with Crippen molar-refractivity contribution in [2.45, 2.75) is 6.42 Å². The van der Waals surface area contributed by atoms with Crippen molar-refractivity contribution in [1.82, 2.24) is 10.4 Å². The monoisotopic (exact) mass is 338 g/mol. The number of hydrogen-bond acceptors (Lipinski definition) is 5. The molecule has 1 amide bonds. The second-order valence-corrected chi connectivity index (χ2v) is 6.65. The second-order valence-electron chi connectivity index (χ2n) is 5.53. The number of aromatic nitrogens is 1. The molecule has 6 heteroatoms. The summed E-state index contributed by atoms with van der Waals surface area (Å²) in [6.07, 6.45) is 1.87. The van der Waals surface area contributed by atoms with E-state index in [4.69, 9.17) is 0 Å². The lowest BCUT2D eigenvalue weighted by Gasteiger charge is -2.11. The van der Waals surface area contributed by atoms with Crippen LogP contribution in [0.4, 0.5) is 5.69 Å². The van der Waals surface area contributed by atoms with Crippen LogP contribution in [0, 0.1) is 0 Å². The van der Waals surface area contributed by atoms with Gasteiger partial charge < -0.3 is 4.90 Å². The molecule has 0 saturated heterocycles. The van der Waals surface area contributed by atoms with Crippen LogP contribution in [0.15, 0.2) is 53.6 Å². The van der Waals surface area contributed by atoms with Crippen LogP contribution in [0.3, 0.4) is 0 Å². The summed E-state index contributed by atoms with van der Waals surface area (Å²) >= 11 is 1.53. The quantitative estimate of drug-likeness (QED) is 0.574. The Morgan fingerprint density at radius 1 is 1.21 bits per heavy atom. The Hall–Kier alpha value is -2.73. The maximum Gasteiger partial charge on any atom is 0.246 e. The highest BCUT2D eigenvalue weighted by Gasteiger charge is 2.07. The summed E-state index contributed by atoms with van der Waals surface area (Å²) in [5, 5.41) is 4.80. The number of para-hydroxylation sites is 1. The molecule has 3 rings (SSSR count). The average molecular weight is 338 g/mol. The largest absolute Gasteiger partial charge is 0.378 e. The van der Waals surface area contributed by atoms with E-state index in [0.717, 1.165) is 26.5 Å². The molecule has 0 spiro atoms. The lowest BCUT2D eigenvalue weighted by Crippen LogP contribution is -2.19. The Bertz CT molecular complexity index is 835. The van der Waals surface area contributed by atoms with Gasteiger partial charge in [0.1, 0.15) is 5.01 Å². The molecule has 3 aromatic rings. The molecule has 122 valence electrons. The van der Waals surface area contributed by atoms with Gasteiger partial charge in [-0.25, -0.2) is 10.4 Å². The van der Waals surface area contributed by atoms with Crippen LogP contribution in [0.5, 0.6) is 0 Å². The van der Waals surface area contributed by atoms with E-state index in [1.165, 1.54) is 11.3 Å². The van der Waals surface area contributed by atoms with E-state index in [2.05, 4.69) is 15.5 Å². The van der Waals surface area contributed by atoms with E-state index >= 15 is 0 Å². The summed E-state index contributed by atoms with van der Waals surface area (Å²) in [7, 11) is 3.98. The van der Waals surface area contributed by atoms with Gasteiger partial charge in [0, 0.05) is 19.8 Å². The zero-order valence-corrected chi connectivity index (χ0v) is 14.4. The van der Waals surface area contributed by atoms with Crippen molar-refractivity contribution in [1.29, 1.82) is 0 Å². The van der Waals surface area contributed by atoms with E-state index in [1.807, 2.05) is 67.5 Å². The fourth-order valence-corrected chi connectivity index (χ4v) is 3.18. The zero-order valence-electron chi connectivity index (χ0n) is 13.6. The number of rotatable bonds is 5. The molecular formula is C18H18N4OS. The maximum atomic E-state index is 12.0. The molecular weight excluding hydrogens is 320 g/mol. The van der Waals surface area contributed by atoms with Gasteiger partial charge >= 0.3 is 0 Å². The summed E-state index contributed by atoms with van der Waals surface area (Å²) in [6.45, 7) is 0. The number of amides is 1. The molecule has 0 fully saturated rings. The number of carbonyl (C=O) groups excluding carboxylic acids is 1. The highest BCUT2D eigenvalue weighted by molar-refractivity contribution is 7.18. The minimum atomic E-state index is -0.171. The minimum absolute atomic E-state index is 0.171. The van der Waals surface area contributed by atoms with Crippen LogP contribution < -0.4 is 10.3 Å². The fourth-order valence-electron chi connectivity index (χ4n) is 2.21. The molecule has 1 heterocycles. The molecule has 2 aromatic carbocycles. The molecule has 5 nitrogen and oxygen atoms in total. The van der Waals surface area contributed by atoms with Crippen molar-refractivity contribution in [2.75, 3.05) is 19.0 Å². The summed E-state index contributed by atoms with van der Waals surface area (Å²) in [6, 6.07) is 15.8. The first kappa shape index (κ1) is 16.1. The van der Waals surface area contributed by atoms with Gasteiger partial charge in [0.15, 0.2) is 0 Å². The number of fused-ring (bicyclic) bond motifs is 1. The van der Waals surface area contributed by atoms with E-state index in [9.17, 15) is 4.79 Å². The molecule has 0 unspecified atom stereocenters. The summed E-state index contributed by atoms with van der Waals surface area (Å²) in [5.74, 6) is -0.171. The molecule has 24 heavy (non-hydrogen) atoms. The Labute approximate surface area is 144 Å². The van der Waals surface area contributed by atoms with E-state index in [0.29, 0.717) is 0 Å². The molecule has 0 aliphatic carbocycles. The normalized spacial score (nSPS) is 11.1.